The van der Waals surface area contributed by atoms with Crippen molar-refractivity contribution >= 4 is 34.0 Å². The number of aryl methyl sites for hydroxylation is 1. The molecule has 0 unspecified atom stereocenters. The molecule has 1 aliphatic carbocycles. The van der Waals surface area contributed by atoms with Crippen LogP contribution >= 0.6 is 11.3 Å². The minimum absolute atomic E-state index is 0.0957. The lowest BCUT2D eigenvalue weighted by Crippen LogP contribution is -2.13. The maximum absolute atomic E-state index is 12.8. The van der Waals surface area contributed by atoms with Crippen LogP contribution in [0, 0.1) is 32.8 Å². The van der Waals surface area contributed by atoms with E-state index in [1.807, 2.05) is 6.07 Å². The molecule has 31 heavy (non-hydrogen) atoms. The third-order valence-corrected chi connectivity index (χ3v) is 6.09. The molecule has 1 N–H and O–H groups in total. The summed E-state index contributed by atoms with van der Waals surface area (Å²) in [6.07, 6.45) is 4.86. The SMILES string of the molecule is COc1cc([N+](=O)[O-])cc(/C=C(/C#N)C(=O)Nc2sc3c(c2C#N)CCCC3)c1OC. The van der Waals surface area contributed by atoms with Gasteiger partial charge in [0.1, 0.15) is 22.7 Å². The van der Waals surface area contributed by atoms with E-state index in [0.29, 0.717) is 10.6 Å². The van der Waals surface area contributed by atoms with Crippen molar-refractivity contribution in [2.45, 2.75) is 25.7 Å². The topological polar surface area (TPSA) is 138 Å². The molecule has 1 aliphatic rings. The zero-order chi connectivity index (χ0) is 22.5. The summed E-state index contributed by atoms with van der Waals surface area (Å²) in [5, 5.41) is 33.4. The second-order valence-electron chi connectivity index (χ2n) is 6.68. The van der Waals surface area contributed by atoms with Crippen molar-refractivity contribution in [2.75, 3.05) is 19.5 Å². The number of ether oxygens (including phenoxy) is 2. The number of hydrogen-bond acceptors (Lipinski definition) is 8. The van der Waals surface area contributed by atoms with Gasteiger partial charge in [-0.15, -0.1) is 11.3 Å². The van der Waals surface area contributed by atoms with Crippen molar-refractivity contribution in [3.63, 3.8) is 0 Å². The largest absolute Gasteiger partial charge is 0.493 e. The van der Waals surface area contributed by atoms with Crippen LogP contribution in [-0.4, -0.2) is 25.1 Å². The summed E-state index contributed by atoms with van der Waals surface area (Å²) >= 11 is 1.34. The number of anilines is 1. The molecular formula is C21H18N4O5S. The van der Waals surface area contributed by atoms with Crippen LogP contribution in [-0.2, 0) is 17.6 Å². The highest BCUT2D eigenvalue weighted by Gasteiger charge is 2.23. The van der Waals surface area contributed by atoms with Crippen molar-refractivity contribution in [3.05, 3.63) is 49.4 Å². The van der Waals surface area contributed by atoms with Crippen LogP contribution in [0.15, 0.2) is 17.7 Å². The van der Waals surface area contributed by atoms with Gasteiger partial charge in [-0.05, 0) is 37.3 Å². The smallest absolute Gasteiger partial charge is 0.274 e. The van der Waals surface area contributed by atoms with Gasteiger partial charge in [-0.1, -0.05) is 0 Å². The quantitative estimate of drug-likeness (QED) is 0.312. The first-order valence-corrected chi connectivity index (χ1v) is 10.1. The van der Waals surface area contributed by atoms with E-state index in [-0.39, 0.29) is 28.3 Å². The minimum atomic E-state index is -0.717. The molecule has 1 aromatic heterocycles. The second-order valence-corrected chi connectivity index (χ2v) is 7.78. The fourth-order valence-electron chi connectivity index (χ4n) is 3.44. The third kappa shape index (κ3) is 4.34. The predicted molar refractivity (Wildman–Crippen MR) is 114 cm³/mol. The fraction of sp³-hybridized carbons (Fsp3) is 0.286. The Labute approximate surface area is 182 Å². The lowest BCUT2D eigenvalue weighted by molar-refractivity contribution is -0.385. The maximum atomic E-state index is 12.8. The van der Waals surface area contributed by atoms with Crippen molar-refractivity contribution in [1.82, 2.24) is 0 Å². The molecule has 0 bridgehead atoms. The number of methoxy groups -OCH3 is 2. The highest BCUT2D eigenvalue weighted by molar-refractivity contribution is 7.16. The number of nitriles is 2. The number of thiophene rings is 1. The standard InChI is InChI=1S/C21H18N4O5S/c1-29-17-9-14(25(27)28)8-12(19(17)30-2)7-13(10-22)20(26)24-21-16(11-23)15-5-3-4-6-18(15)31-21/h7-9H,3-6H2,1-2H3,(H,24,26)/b13-7-. The van der Waals surface area contributed by atoms with Gasteiger partial charge in [0.05, 0.1) is 30.8 Å². The molecule has 0 fully saturated rings. The molecule has 1 heterocycles. The number of nitrogens with one attached hydrogen (secondary N) is 1. The maximum Gasteiger partial charge on any atom is 0.274 e. The summed E-state index contributed by atoms with van der Waals surface area (Å²) in [6.45, 7) is 0. The summed E-state index contributed by atoms with van der Waals surface area (Å²) in [5.41, 5.74) is 0.961. The van der Waals surface area contributed by atoms with Gasteiger partial charge in [0.15, 0.2) is 11.5 Å². The summed E-state index contributed by atoms with van der Waals surface area (Å²) in [7, 11) is 2.68. The monoisotopic (exact) mass is 438 g/mol. The van der Waals surface area contributed by atoms with E-state index < -0.39 is 10.8 Å². The van der Waals surface area contributed by atoms with E-state index in [1.165, 1.54) is 43.8 Å². The first-order chi connectivity index (χ1) is 14.9. The van der Waals surface area contributed by atoms with Gasteiger partial charge in [-0.2, -0.15) is 10.5 Å². The first kappa shape index (κ1) is 21.8. The molecule has 2 aromatic rings. The highest BCUT2D eigenvalue weighted by atomic mass is 32.1. The summed E-state index contributed by atoms with van der Waals surface area (Å²) < 4.78 is 10.4. The van der Waals surface area contributed by atoms with Crippen LogP contribution in [0.25, 0.3) is 6.08 Å². The fourth-order valence-corrected chi connectivity index (χ4v) is 4.67. The number of nitrogens with zero attached hydrogens (tertiary/aromatic N) is 3. The Kier molecular flexibility index (Phi) is 6.53. The zero-order valence-electron chi connectivity index (χ0n) is 16.9. The number of hydrogen-bond donors (Lipinski definition) is 1. The summed E-state index contributed by atoms with van der Waals surface area (Å²) in [4.78, 5) is 24.5. The van der Waals surface area contributed by atoms with E-state index in [0.717, 1.165) is 36.1 Å². The van der Waals surface area contributed by atoms with Gasteiger partial charge in [0.25, 0.3) is 11.6 Å². The predicted octanol–water partition coefficient (Wildman–Crippen LogP) is 3.97. The van der Waals surface area contributed by atoms with E-state index in [2.05, 4.69) is 11.4 Å². The van der Waals surface area contributed by atoms with Crippen molar-refractivity contribution < 1.29 is 19.2 Å². The zero-order valence-corrected chi connectivity index (χ0v) is 17.7. The molecule has 9 nitrogen and oxygen atoms in total. The first-order valence-electron chi connectivity index (χ1n) is 9.31. The average molecular weight is 438 g/mol. The molecule has 0 radical (unpaired) electrons. The molecule has 0 saturated carbocycles. The van der Waals surface area contributed by atoms with Crippen LogP contribution in [0.1, 0.15) is 34.4 Å². The van der Waals surface area contributed by atoms with Crippen LogP contribution in [0.3, 0.4) is 0 Å². The lowest BCUT2D eigenvalue weighted by atomic mass is 9.96. The molecular weight excluding hydrogens is 420 g/mol. The molecule has 0 atom stereocenters. The molecule has 158 valence electrons. The number of amides is 1. The van der Waals surface area contributed by atoms with Gasteiger partial charge in [0, 0.05) is 16.5 Å². The number of rotatable bonds is 6. The average Bonchev–Trinajstić information content (AvgIpc) is 3.13. The number of fused-ring (bicyclic) bond motifs is 1. The molecule has 0 aliphatic heterocycles. The molecule has 10 heteroatoms. The van der Waals surface area contributed by atoms with Crippen molar-refractivity contribution in [3.8, 4) is 23.6 Å². The van der Waals surface area contributed by atoms with Crippen LogP contribution in [0.4, 0.5) is 10.7 Å². The number of nitro benzene ring substituents is 1. The Morgan fingerprint density at radius 2 is 2.00 bits per heavy atom. The number of benzene rings is 1. The van der Waals surface area contributed by atoms with E-state index in [9.17, 15) is 25.4 Å². The Hall–Kier alpha value is -3.89. The number of carbonyl (C=O) groups is 1. The highest BCUT2D eigenvalue weighted by Crippen LogP contribution is 2.39. The lowest BCUT2D eigenvalue weighted by Gasteiger charge is -2.11. The summed E-state index contributed by atoms with van der Waals surface area (Å²) in [6, 6.07) is 6.35. The Morgan fingerprint density at radius 1 is 1.26 bits per heavy atom. The van der Waals surface area contributed by atoms with E-state index >= 15 is 0 Å². The molecule has 0 spiro atoms. The molecule has 3 rings (SSSR count). The van der Waals surface area contributed by atoms with Crippen LogP contribution in [0.2, 0.25) is 0 Å². The van der Waals surface area contributed by atoms with Crippen LogP contribution < -0.4 is 14.8 Å². The van der Waals surface area contributed by atoms with E-state index in [4.69, 9.17) is 9.47 Å². The number of nitro groups is 1. The second kappa shape index (κ2) is 9.28. The molecule has 1 amide bonds. The van der Waals surface area contributed by atoms with Crippen molar-refractivity contribution in [2.24, 2.45) is 0 Å². The van der Waals surface area contributed by atoms with Gasteiger partial charge < -0.3 is 14.8 Å². The van der Waals surface area contributed by atoms with Gasteiger partial charge >= 0.3 is 0 Å². The van der Waals surface area contributed by atoms with Gasteiger partial charge in [-0.3, -0.25) is 14.9 Å². The minimum Gasteiger partial charge on any atom is -0.493 e. The Morgan fingerprint density at radius 3 is 2.61 bits per heavy atom. The van der Waals surface area contributed by atoms with Crippen LogP contribution in [0.5, 0.6) is 11.5 Å². The Bertz CT molecular complexity index is 1170. The van der Waals surface area contributed by atoms with Crippen molar-refractivity contribution in [1.29, 1.82) is 10.5 Å². The normalized spacial score (nSPS) is 12.8. The number of non-ortho nitro benzene ring substituents is 1. The van der Waals surface area contributed by atoms with E-state index in [1.54, 1.807) is 0 Å². The Balaban J connectivity index is 2.00. The molecule has 1 aromatic carbocycles. The number of carbonyl (C=O) groups excluding carboxylic acids is 1. The van der Waals surface area contributed by atoms with Gasteiger partial charge in [-0.25, -0.2) is 0 Å². The summed E-state index contributed by atoms with van der Waals surface area (Å²) in [5.74, 6) is -0.471. The molecule has 0 saturated heterocycles. The van der Waals surface area contributed by atoms with Gasteiger partial charge in [0.2, 0.25) is 0 Å². The third-order valence-electron chi connectivity index (χ3n) is 4.88.